The van der Waals surface area contributed by atoms with E-state index >= 15 is 0 Å². The fourth-order valence-corrected chi connectivity index (χ4v) is 4.84. The van der Waals surface area contributed by atoms with Gasteiger partial charge in [0.25, 0.3) is 0 Å². The summed E-state index contributed by atoms with van der Waals surface area (Å²) in [6.45, 7) is 2.11. The Hall–Kier alpha value is -2.64. The molecule has 28 heavy (non-hydrogen) atoms. The maximum Gasteiger partial charge on any atom is 0.174 e. The van der Waals surface area contributed by atoms with Crippen LogP contribution >= 0.6 is 23.6 Å². The largest absolute Gasteiger partial charge is 0.497 e. The molecule has 1 N–H and O–H groups in total. The number of thiocarbonyl (C=S) groups is 1. The van der Waals surface area contributed by atoms with E-state index in [1.165, 1.54) is 9.75 Å². The smallest absolute Gasteiger partial charge is 0.174 e. The van der Waals surface area contributed by atoms with Crippen LogP contribution in [0.5, 0.6) is 11.5 Å². The molecule has 7 heteroatoms. The molecule has 5 nitrogen and oxygen atoms in total. The van der Waals surface area contributed by atoms with Crippen LogP contribution in [0.2, 0.25) is 0 Å². The van der Waals surface area contributed by atoms with Crippen molar-refractivity contribution in [3.8, 4) is 11.5 Å². The molecule has 4 rings (SSSR count). The van der Waals surface area contributed by atoms with Crippen LogP contribution in [-0.4, -0.2) is 24.3 Å². The van der Waals surface area contributed by atoms with Gasteiger partial charge in [0, 0.05) is 22.0 Å². The van der Waals surface area contributed by atoms with Crippen LogP contribution in [0.4, 0.5) is 5.69 Å². The van der Waals surface area contributed by atoms with E-state index in [2.05, 4.69) is 34.3 Å². The van der Waals surface area contributed by atoms with E-state index in [0.29, 0.717) is 10.9 Å². The van der Waals surface area contributed by atoms with Crippen molar-refractivity contribution in [1.82, 2.24) is 10.3 Å². The summed E-state index contributed by atoms with van der Waals surface area (Å²) in [6, 6.07) is 16.0. The number of ether oxygens (including phenoxy) is 2. The van der Waals surface area contributed by atoms with Gasteiger partial charge < -0.3 is 19.7 Å². The van der Waals surface area contributed by atoms with Crippen molar-refractivity contribution < 1.29 is 9.47 Å². The number of hydrogen-bond acceptors (Lipinski definition) is 5. The third-order valence-corrected chi connectivity index (χ3v) is 6.18. The zero-order valence-corrected chi connectivity index (χ0v) is 17.5. The molecule has 0 amide bonds. The third-order valence-electron chi connectivity index (χ3n) is 4.80. The first kappa shape index (κ1) is 18.7. The summed E-state index contributed by atoms with van der Waals surface area (Å²) in [5, 5.41) is 4.12. The minimum absolute atomic E-state index is 0.0246. The molecule has 1 aliphatic rings. The second-order valence-electron chi connectivity index (χ2n) is 6.48. The van der Waals surface area contributed by atoms with Crippen LogP contribution in [0, 0.1) is 6.92 Å². The van der Waals surface area contributed by atoms with Gasteiger partial charge in [-0.05, 0) is 55.5 Å². The van der Waals surface area contributed by atoms with E-state index in [0.717, 1.165) is 17.1 Å². The van der Waals surface area contributed by atoms with Crippen LogP contribution < -0.4 is 19.7 Å². The molecule has 0 saturated carbocycles. The summed E-state index contributed by atoms with van der Waals surface area (Å²) in [5.74, 6) is 1.45. The molecule has 1 aliphatic heterocycles. The van der Waals surface area contributed by atoms with E-state index in [-0.39, 0.29) is 12.1 Å². The summed E-state index contributed by atoms with van der Waals surface area (Å²) >= 11 is 7.53. The minimum Gasteiger partial charge on any atom is -0.497 e. The number of hydrogen-bond donors (Lipinski definition) is 1. The van der Waals surface area contributed by atoms with Crippen molar-refractivity contribution in [2.45, 2.75) is 19.0 Å². The van der Waals surface area contributed by atoms with Crippen molar-refractivity contribution >= 4 is 34.4 Å². The standard InChI is InChI=1S/C21H21N3O2S2/c1-13-7-10-18(28-13)20-19(15-6-4-5-11-22-15)23-21(27)24(20)16-9-8-14(25-2)12-17(16)26-3/h4-12,19-20H,1-3H3,(H,23,27)/t19-,20+/m1/s1. The van der Waals surface area contributed by atoms with E-state index in [1.54, 1.807) is 25.6 Å². The fourth-order valence-electron chi connectivity index (χ4n) is 3.50. The average Bonchev–Trinajstić information content (AvgIpc) is 3.30. The maximum absolute atomic E-state index is 5.76. The van der Waals surface area contributed by atoms with Gasteiger partial charge >= 0.3 is 0 Å². The lowest BCUT2D eigenvalue weighted by Crippen LogP contribution is -2.29. The lowest BCUT2D eigenvalue weighted by atomic mass is 10.0. The van der Waals surface area contributed by atoms with Gasteiger partial charge in [-0.3, -0.25) is 4.98 Å². The third kappa shape index (κ3) is 3.31. The number of benzene rings is 1. The minimum atomic E-state index is -0.0569. The molecule has 144 valence electrons. The predicted octanol–water partition coefficient (Wildman–Crippen LogP) is 4.65. The summed E-state index contributed by atoms with van der Waals surface area (Å²) in [5.41, 5.74) is 1.85. The SMILES string of the molecule is COc1ccc(N2C(=S)N[C@H](c3ccccn3)[C@@H]2c2ccc(C)s2)c(OC)c1. The highest BCUT2D eigenvalue weighted by Gasteiger charge is 2.42. The lowest BCUT2D eigenvalue weighted by Gasteiger charge is -2.28. The van der Waals surface area contributed by atoms with Crippen molar-refractivity contribution in [3.63, 3.8) is 0 Å². The molecule has 0 unspecified atom stereocenters. The fraction of sp³-hybridized carbons (Fsp3) is 0.238. The molecule has 1 fully saturated rings. The van der Waals surface area contributed by atoms with Crippen molar-refractivity contribution in [3.05, 3.63) is 70.2 Å². The summed E-state index contributed by atoms with van der Waals surface area (Å²) in [4.78, 5) is 9.18. The summed E-state index contributed by atoms with van der Waals surface area (Å²) in [6.07, 6.45) is 1.81. The molecule has 0 bridgehead atoms. The van der Waals surface area contributed by atoms with E-state index in [1.807, 2.05) is 42.6 Å². The molecule has 2 atom stereocenters. The zero-order chi connectivity index (χ0) is 19.7. The van der Waals surface area contributed by atoms with Gasteiger partial charge in [0.1, 0.15) is 11.5 Å². The molecular formula is C21H21N3O2S2. The van der Waals surface area contributed by atoms with Crippen LogP contribution in [0.15, 0.2) is 54.7 Å². The Balaban J connectivity index is 1.84. The Morgan fingerprint density at radius 3 is 2.61 bits per heavy atom. The Bertz CT molecular complexity index is 990. The van der Waals surface area contributed by atoms with Gasteiger partial charge in [0.05, 0.1) is 37.7 Å². The Morgan fingerprint density at radius 1 is 1.11 bits per heavy atom. The van der Waals surface area contributed by atoms with Crippen molar-refractivity contribution in [1.29, 1.82) is 0 Å². The van der Waals surface area contributed by atoms with E-state index in [9.17, 15) is 0 Å². The van der Waals surface area contributed by atoms with Gasteiger partial charge in [0.2, 0.25) is 0 Å². The number of pyridine rings is 1. The van der Waals surface area contributed by atoms with Crippen LogP contribution in [0.25, 0.3) is 0 Å². The van der Waals surface area contributed by atoms with Gasteiger partial charge in [-0.15, -0.1) is 11.3 Å². The highest BCUT2D eigenvalue weighted by molar-refractivity contribution is 7.80. The first-order valence-electron chi connectivity index (χ1n) is 8.91. The molecule has 3 heterocycles. The number of aromatic nitrogens is 1. The molecule has 2 aromatic heterocycles. The number of aryl methyl sites for hydroxylation is 1. The maximum atomic E-state index is 5.76. The number of nitrogens with zero attached hydrogens (tertiary/aromatic N) is 2. The van der Waals surface area contributed by atoms with Crippen LogP contribution in [0.3, 0.4) is 0 Å². The van der Waals surface area contributed by atoms with Gasteiger partial charge in [-0.2, -0.15) is 0 Å². The van der Waals surface area contributed by atoms with E-state index < -0.39 is 0 Å². The molecule has 0 spiro atoms. The van der Waals surface area contributed by atoms with Crippen molar-refractivity contribution in [2.75, 3.05) is 19.1 Å². The molecule has 1 saturated heterocycles. The highest BCUT2D eigenvalue weighted by atomic mass is 32.1. The first-order valence-corrected chi connectivity index (χ1v) is 10.1. The number of thiophene rings is 1. The first-order chi connectivity index (χ1) is 13.6. The molecular weight excluding hydrogens is 390 g/mol. The lowest BCUT2D eigenvalue weighted by molar-refractivity contribution is 0.394. The predicted molar refractivity (Wildman–Crippen MR) is 117 cm³/mol. The van der Waals surface area contributed by atoms with Gasteiger partial charge in [0.15, 0.2) is 5.11 Å². The van der Waals surface area contributed by atoms with Crippen LogP contribution in [0.1, 0.15) is 27.5 Å². The monoisotopic (exact) mass is 411 g/mol. The molecule has 1 aromatic carbocycles. The molecule has 3 aromatic rings. The summed E-state index contributed by atoms with van der Waals surface area (Å²) < 4.78 is 11.0. The van der Waals surface area contributed by atoms with Gasteiger partial charge in [-0.1, -0.05) is 6.07 Å². The second-order valence-corrected chi connectivity index (χ2v) is 8.19. The van der Waals surface area contributed by atoms with E-state index in [4.69, 9.17) is 21.7 Å². The highest BCUT2D eigenvalue weighted by Crippen LogP contribution is 2.46. The van der Waals surface area contributed by atoms with Crippen LogP contribution in [-0.2, 0) is 0 Å². The van der Waals surface area contributed by atoms with Gasteiger partial charge in [-0.25, -0.2) is 0 Å². The second kappa shape index (κ2) is 7.77. The number of nitrogens with one attached hydrogen (secondary N) is 1. The zero-order valence-electron chi connectivity index (χ0n) is 15.9. The molecule has 0 radical (unpaired) electrons. The van der Waals surface area contributed by atoms with Crippen molar-refractivity contribution in [2.24, 2.45) is 0 Å². The quantitative estimate of drug-likeness (QED) is 0.617. The Kier molecular flexibility index (Phi) is 5.19. The summed E-state index contributed by atoms with van der Waals surface area (Å²) in [7, 11) is 3.30. The number of anilines is 1. The molecule has 0 aliphatic carbocycles. The Labute approximate surface area is 173 Å². The number of methoxy groups -OCH3 is 2. The normalized spacial score (nSPS) is 18.8. The number of rotatable bonds is 5. The Morgan fingerprint density at radius 2 is 1.96 bits per heavy atom. The topological polar surface area (TPSA) is 46.6 Å². The average molecular weight is 412 g/mol.